The van der Waals surface area contributed by atoms with E-state index < -0.39 is 5.90 Å². The Morgan fingerprint density at radius 2 is 2.25 bits per heavy atom. The molecule has 0 unspecified atom stereocenters. The Labute approximate surface area is 114 Å². The fraction of sp³-hybridized carbons (Fsp3) is 0.333. The number of aliphatic imine (C=N–C) groups is 1. The molecule has 1 saturated heterocycles. The van der Waals surface area contributed by atoms with Gasteiger partial charge in [0, 0.05) is 23.9 Å². The third-order valence-corrected chi connectivity index (χ3v) is 2.84. The molecule has 0 saturated carbocycles. The van der Waals surface area contributed by atoms with Crippen LogP contribution in [0.1, 0.15) is 5.56 Å². The van der Waals surface area contributed by atoms with Gasteiger partial charge in [0.2, 0.25) is 5.27 Å². The van der Waals surface area contributed by atoms with E-state index in [2.05, 4.69) is 15.2 Å². The van der Waals surface area contributed by atoms with Gasteiger partial charge in [0.1, 0.15) is 0 Å². The maximum Gasteiger partial charge on any atom is 0.324 e. The molecule has 0 aliphatic carbocycles. The van der Waals surface area contributed by atoms with Crippen LogP contribution in [0, 0.1) is 0 Å². The molecule has 1 fully saturated rings. The Bertz CT molecular complexity index is 592. The third-order valence-electron chi connectivity index (χ3n) is 2.84. The first-order valence-corrected chi connectivity index (χ1v) is 6.21. The summed E-state index contributed by atoms with van der Waals surface area (Å²) in [6, 6.07) is 3.32. The number of morpholine rings is 1. The second-order valence-electron chi connectivity index (χ2n) is 4.19. The van der Waals surface area contributed by atoms with Crippen molar-refractivity contribution < 1.29 is 19.2 Å². The highest BCUT2D eigenvalue weighted by molar-refractivity contribution is 5.91. The van der Waals surface area contributed by atoms with Crippen LogP contribution in [-0.4, -0.2) is 42.5 Å². The SMILES string of the molecule is [O-]/C(=N\c1c[n+](N2CCOCC2)no1)c1cccnc1. The van der Waals surface area contributed by atoms with E-state index in [4.69, 9.17) is 9.26 Å². The molecule has 0 spiro atoms. The van der Waals surface area contributed by atoms with Crippen molar-refractivity contribution in [3.8, 4) is 0 Å². The average molecular weight is 275 g/mol. The van der Waals surface area contributed by atoms with E-state index in [1.165, 1.54) is 11.0 Å². The van der Waals surface area contributed by atoms with Crippen LogP contribution in [0.4, 0.5) is 5.88 Å². The van der Waals surface area contributed by atoms with E-state index in [0.29, 0.717) is 31.9 Å². The van der Waals surface area contributed by atoms with Crippen LogP contribution >= 0.6 is 0 Å². The van der Waals surface area contributed by atoms with Crippen LogP contribution in [-0.2, 0) is 4.74 Å². The van der Waals surface area contributed by atoms with Crippen LogP contribution in [0.25, 0.3) is 0 Å². The predicted octanol–water partition coefficient (Wildman–Crippen LogP) is -1.24. The van der Waals surface area contributed by atoms with Crippen molar-refractivity contribution in [3.63, 3.8) is 0 Å². The highest BCUT2D eigenvalue weighted by Crippen LogP contribution is 2.08. The summed E-state index contributed by atoms with van der Waals surface area (Å²) < 4.78 is 10.3. The van der Waals surface area contributed by atoms with Crippen molar-refractivity contribution in [2.75, 3.05) is 31.3 Å². The average Bonchev–Trinajstić information content (AvgIpc) is 2.97. The molecule has 0 aromatic carbocycles. The number of ether oxygens (including phenoxy) is 1. The largest absolute Gasteiger partial charge is 0.858 e. The highest BCUT2D eigenvalue weighted by atomic mass is 16.5. The van der Waals surface area contributed by atoms with Crippen molar-refractivity contribution in [1.29, 1.82) is 0 Å². The van der Waals surface area contributed by atoms with Crippen molar-refractivity contribution >= 4 is 11.8 Å². The first-order valence-electron chi connectivity index (χ1n) is 6.21. The summed E-state index contributed by atoms with van der Waals surface area (Å²) in [7, 11) is 0. The van der Waals surface area contributed by atoms with Crippen molar-refractivity contribution in [1.82, 2.24) is 10.3 Å². The molecule has 8 nitrogen and oxygen atoms in total. The third kappa shape index (κ3) is 2.75. The lowest BCUT2D eigenvalue weighted by atomic mass is 10.3. The fourth-order valence-electron chi connectivity index (χ4n) is 1.82. The standard InChI is InChI=1S/C12H13N5O3/c18-12(10-2-1-3-13-8-10)14-11-9-17(15-20-11)16-4-6-19-7-5-16/h1-3,8-9H,4-7H2. The van der Waals surface area contributed by atoms with Crippen molar-refractivity contribution in [3.05, 3.63) is 36.3 Å². The molecule has 104 valence electrons. The molecule has 0 radical (unpaired) electrons. The lowest BCUT2D eigenvalue weighted by Gasteiger charge is -2.18. The van der Waals surface area contributed by atoms with Gasteiger partial charge in [-0.25, -0.2) is 4.99 Å². The zero-order chi connectivity index (χ0) is 13.8. The summed E-state index contributed by atoms with van der Waals surface area (Å²) in [6.07, 6.45) is 4.62. The molecular formula is C12H13N5O3. The molecule has 3 rings (SSSR count). The lowest BCUT2D eigenvalue weighted by molar-refractivity contribution is -0.759. The van der Waals surface area contributed by atoms with Crippen molar-refractivity contribution in [2.24, 2.45) is 4.99 Å². The smallest absolute Gasteiger partial charge is 0.324 e. The summed E-state index contributed by atoms with van der Waals surface area (Å²) in [5.41, 5.74) is 0.404. The maximum atomic E-state index is 11.9. The lowest BCUT2D eigenvalue weighted by Crippen LogP contribution is -2.62. The number of pyridine rings is 1. The molecule has 20 heavy (non-hydrogen) atoms. The van der Waals surface area contributed by atoms with Gasteiger partial charge in [0.15, 0.2) is 0 Å². The fourth-order valence-corrected chi connectivity index (χ4v) is 1.82. The maximum absolute atomic E-state index is 11.9. The molecule has 0 bridgehead atoms. The van der Waals surface area contributed by atoms with E-state index in [9.17, 15) is 5.11 Å². The number of rotatable bonds is 3. The van der Waals surface area contributed by atoms with Crippen LogP contribution in [0.3, 0.4) is 0 Å². The Kier molecular flexibility index (Phi) is 3.55. The van der Waals surface area contributed by atoms with Gasteiger partial charge >= 0.3 is 5.88 Å². The predicted molar refractivity (Wildman–Crippen MR) is 65.9 cm³/mol. The number of hydrogen-bond acceptors (Lipinski definition) is 7. The monoisotopic (exact) mass is 275 g/mol. The molecular weight excluding hydrogens is 262 g/mol. The molecule has 0 amide bonds. The van der Waals surface area contributed by atoms with Crippen LogP contribution in [0.5, 0.6) is 0 Å². The normalized spacial score (nSPS) is 16.4. The highest BCUT2D eigenvalue weighted by Gasteiger charge is 2.22. The number of aromatic nitrogens is 3. The Morgan fingerprint density at radius 1 is 1.40 bits per heavy atom. The van der Waals surface area contributed by atoms with E-state index in [-0.39, 0.29) is 5.88 Å². The quantitative estimate of drug-likeness (QED) is 0.395. The summed E-state index contributed by atoms with van der Waals surface area (Å²) in [5.74, 6) is -0.256. The van der Waals surface area contributed by atoms with Gasteiger partial charge in [-0.15, -0.1) is 5.01 Å². The van der Waals surface area contributed by atoms with Crippen LogP contribution in [0.2, 0.25) is 0 Å². The zero-order valence-corrected chi connectivity index (χ0v) is 10.7. The number of hydrogen-bond donors (Lipinski definition) is 0. The first kappa shape index (κ1) is 12.5. The molecule has 2 aromatic rings. The van der Waals surface area contributed by atoms with Gasteiger partial charge in [-0.3, -0.25) is 9.51 Å². The summed E-state index contributed by atoms with van der Waals surface area (Å²) in [6.45, 7) is 2.71. The topological polar surface area (TPSA) is 90.7 Å². The molecule has 3 heterocycles. The van der Waals surface area contributed by atoms with Crippen molar-refractivity contribution in [2.45, 2.75) is 0 Å². The molecule has 2 aromatic heterocycles. The van der Waals surface area contributed by atoms with Gasteiger partial charge in [-0.1, -0.05) is 6.07 Å². The Hall–Kier alpha value is -2.48. The van der Waals surface area contributed by atoms with Gasteiger partial charge in [0.05, 0.1) is 31.1 Å². The zero-order valence-electron chi connectivity index (χ0n) is 10.7. The minimum Gasteiger partial charge on any atom is -0.858 e. The number of nitrogens with zero attached hydrogens (tertiary/aromatic N) is 5. The molecule has 8 heteroatoms. The summed E-state index contributed by atoms with van der Waals surface area (Å²) in [4.78, 5) is 9.27. The second kappa shape index (κ2) is 5.66. The Balaban J connectivity index is 1.76. The van der Waals surface area contributed by atoms with E-state index >= 15 is 0 Å². The Morgan fingerprint density at radius 3 is 3.00 bits per heavy atom. The van der Waals surface area contributed by atoms with Gasteiger partial charge < -0.3 is 9.84 Å². The van der Waals surface area contributed by atoms with Gasteiger partial charge in [-0.05, 0) is 6.07 Å². The molecule has 1 aliphatic rings. The summed E-state index contributed by atoms with van der Waals surface area (Å²) >= 11 is 0. The first-order chi connectivity index (χ1) is 9.83. The molecule has 1 aliphatic heterocycles. The van der Waals surface area contributed by atoms with Gasteiger partial charge in [0.25, 0.3) is 6.20 Å². The van der Waals surface area contributed by atoms with E-state index in [1.807, 2.05) is 5.01 Å². The minimum atomic E-state index is -0.414. The van der Waals surface area contributed by atoms with Gasteiger partial charge in [-0.2, -0.15) is 0 Å². The van der Waals surface area contributed by atoms with Crippen LogP contribution in [0.15, 0.2) is 40.2 Å². The summed E-state index contributed by atoms with van der Waals surface area (Å²) in [5, 5.41) is 17.6. The van der Waals surface area contributed by atoms with E-state index in [1.54, 1.807) is 24.5 Å². The van der Waals surface area contributed by atoms with E-state index in [0.717, 1.165) is 0 Å². The molecule has 0 N–H and O–H groups in total. The van der Waals surface area contributed by atoms with Crippen LogP contribution < -0.4 is 14.9 Å². The second-order valence-corrected chi connectivity index (χ2v) is 4.19. The molecule has 0 atom stereocenters. The minimum absolute atomic E-state index is 0.158.